The summed E-state index contributed by atoms with van der Waals surface area (Å²) in [5.74, 6) is -0.196. The fourth-order valence-electron chi connectivity index (χ4n) is 1.76. The van der Waals surface area contributed by atoms with Crippen molar-refractivity contribution in [1.29, 1.82) is 0 Å². The number of H-pyrrole nitrogens is 1. The number of tetrazole rings is 1. The molecular formula is C10H9N7O. The fourth-order valence-corrected chi connectivity index (χ4v) is 1.76. The van der Waals surface area contributed by atoms with Crippen molar-refractivity contribution < 1.29 is 4.79 Å². The lowest BCUT2D eigenvalue weighted by Crippen LogP contribution is -2.16. The molecule has 90 valence electrons. The molecule has 1 amide bonds. The maximum atomic E-state index is 12.1. The van der Waals surface area contributed by atoms with Crippen LogP contribution in [0.2, 0.25) is 0 Å². The number of hydrogen-bond donors (Lipinski definition) is 2. The van der Waals surface area contributed by atoms with E-state index in [2.05, 4.69) is 30.9 Å². The van der Waals surface area contributed by atoms with Crippen LogP contribution in [0.1, 0.15) is 16.2 Å². The SMILES string of the molecule is Cc1nc2ccccn2c1C(=O)Nc1nn[nH]n1. The van der Waals surface area contributed by atoms with E-state index in [1.54, 1.807) is 17.5 Å². The molecule has 0 saturated carbocycles. The number of fused-ring (bicyclic) bond motifs is 1. The minimum absolute atomic E-state index is 0.130. The minimum atomic E-state index is -0.326. The van der Waals surface area contributed by atoms with Crippen LogP contribution in [0.15, 0.2) is 24.4 Å². The molecular weight excluding hydrogens is 234 g/mol. The standard InChI is InChI=1S/C10H9N7O/c1-6-8(9(18)12-10-13-15-16-14-10)17-5-3-2-4-7(17)11-6/h2-5H,1H3,(H2,12,13,14,15,16,18). The second-order valence-electron chi connectivity index (χ2n) is 3.66. The smallest absolute Gasteiger partial charge is 0.277 e. The van der Waals surface area contributed by atoms with Crippen LogP contribution < -0.4 is 5.32 Å². The Morgan fingerprint density at radius 1 is 1.44 bits per heavy atom. The molecule has 18 heavy (non-hydrogen) atoms. The van der Waals surface area contributed by atoms with Gasteiger partial charge in [-0.25, -0.2) is 4.98 Å². The van der Waals surface area contributed by atoms with Crippen LogP contribution in [-0.4, -0.2) is 35.9 Å². The fraction of sp³-hybridized carbons (Fsp3) is 0.100. The molecule has 2 N–H and O–H groups in total. The summed E-state index contributed by atoms with van der Waals surface area (Å²) in [6.45, 7) is 1.78. The molecule has 0 saturated heterocycles. The Hall–Kier alpha value is -2.77. The van der Waals surface area contributed by atoms with Crippen molar-refractivity contribution >= 4 is 17.5 Å². The molecule has 0 radical (unpaired) electrons. The minimum Gasteiger partial charge on any atom is -0.295 e. The third-order valence-electron chi connectivity index (χ3n) is 2.49. The number of anilines is 1. The Bertz CT molecular complexity index is 700. The molecule has 3 heterocycles. The number of aromatic amines is 1. The molecule has 0 bridgehead atoms. The summed E-state index contributed by atoms with van der Waals surface area (Å²) in [6.07, 6.45) is 1.78. The van der Waals surface area contributed by atoms with Gasteiger partial charge in [-0.2, -0.15) is 5.21 Å². The average molecular weight is 243 g/mol. The number of carbonyl (C=O) groups is 1. The summed E-state index contributed by atoms with van der Waals surface area (Å²) >= 11 is 0. The zero-order valence-electron chi connectivity index (χ0n) is 9.45. The number of nitrogens with zero attached hydrogens (tertiary/aromatic N) is 5. The number of carbonyl (C=O) groups excluding carboxylic acids is 1. The average Bonchev–Trinajstić information content (AvgIpc) is 2.94. The number of imidazole rings is 1. The van der Waals surface area contributed by atoms with E-state index >= 15 is 0 Å². The van der Waals surface area contributed by atoms with Crippen molar-refractivity contribution in [3.8, 4) is 0 Å². The molecule has 0 aliphatic rings. The topological polar surface area (TPSA) is 101 Å². The van der Waals surface area contributed by atoms with Gasteiger partial charge < -0.3 is 0 Å². The van der Waals surface area contributed by atoms with Crippen LogP contribution in [0.25, 0.3) is 5.65 Å². The summed E-state index contributed by atoms with van der Waals surface area (Å²) in [4.78, 5) is 16.4. The van der Waals surface area contributed by atoms with Crippen LogP contribution in [0.4, 0.5) is 5.95 Å². The highest BCUT2D eigenvalue weighted by molar-refractivity contribution is 6.03. The largest absolute Gasteiger partial charge is 0.295 e. The van der Waals surface area contributed by atoms with Gasteiger partial charge in [0.15, 0.2) is 0 Å². The van der Waals surface area contributed by atoms with Crippen LogP contribution in [0.3, 0.4) is 0 Å². The molecule has 0 spiro atoms. The van der Waals surface area contributed by atoms with E-state index in [9.17, 15) is 4.79 Å². The van der Waals surface area contributed by atoms with Gasteiger partial charge in [0, 0.05) is 6.20 Å². The molecule has 0 atom stereocenters. The van der Waals surface area contributed by atoms with E-state index in [-0.39, 0.29) is 11.9 Å². The first-order valence-corrected chi connectivity index (χ1v) is 5.24. The summed E-state index contributed by atoms with van der Waals surface area (Å²) in [7, 11) is 0. The van der Waals surface area contributed by atoms with Crippen LogP contribution in [-0.2, 0) is 0 Å². The van der Waals surface area contributed by atoms with Crippen LogP contribution >= 0.6 is 0 Å². The Morgan fingerprint density at radius 3 is 3.11 bits per heavy atom. The Kier molecular flexibility index (Phi) is 2.26. The molecule has 0 fully saturated rings. The number of amides is 1. The first kappa shape index (κ1) is 10.4. The van der Waals surface area contributed by atoms with Crippen molar-refractivity contribution in [2.24, 2.45) is 0 Å². The van der Waals surface area contributed by atoms with E-state index in [4.69, 9.17) is 0 Å². The Labute approximate surface area is 101 Å². The molecule has 3 rings (SSSR count). The zero-order chi connectivity index (χ0) is 12.5. The molecule has 0 aromatic carbocycles. The van der Waals surface area contributed by atoms with Gasteiger partial charge in [0.2, 0.25) is 0 Å². The summed E-state index contributed by atoms with van der Waals surface area (Å²) in [5.41, 5.74) is 1.81. The maximum Gasteiger partial charge on any atom is 0.277 e. The predicted molar refractivity (Wildman–Crippen MR) is 62.1 cm³/mol. The third kappa shape index (κ3) is 1.59. The molecule has 3 aromatic heterocycles. The van der Waals surface area contributed by atoms with Crippen molar-refractivity contribution in [2.45, 2.75) is 6.92 Å². The van der Waals surface area contributed by atoms with Gasteiger partial charge >= 0.3 is 0 Å². The molecule has 0 unspecified atom stereocenters. The second kappa shape index (κ2) is 3.91. The van der Waals surface area contributed by atoms with Gasteiger partial charge in [-0.1, -0.05) is 11.2 Å². The molecule has 0 aliphatic carbocycles. The lowest BCUT2D eigenvalue weighted by atomic mass is 10.3. The summed E-state index contributed by atoms with van der Waals surface area (Å²) < 4.78 is 1.71. The van der Waals surface area contributed by atoms with Gasteiger partial charge in [0.1, 0.15) is 11.3 Å². The quantitative estimate of drug-likeness (QED) is 0.678. The predicted octanol–water partition coefficient (Wildman–Crippen LogP) is 0.408. The van der Waals surface area contributed by atoms with Gasteiger partial charge in [0.25, 0.3) is 11.9 Å². The second-order valence-corrected chi connectivity index (χ2v) is 3.66. The normalized spacial score (nSPS) is 10.7. The van der Waals surface area contributed by atoms with Crippen molar-refractivity contribution in [2.75, 3.05) is 5.32 Å². The van der Waals surface area contributed by atoms with E-state index < -0.39 is 0 Å². The molecule has 3 aromatic rings. The Balaban J connectivity index is 2.03. The van der Waals surface area contributed by atoms with Crippen molar-refractivity contribution in [3.05, 3.63) is 35.8 Å². The maximum absolute atomic E-state index is 12.1. The van der Waals surface area contributed by atoms with E-state index in [0.29, 0.717) is 17.0 Å². The third-order valence-corrected chi connectivity index (χ3v) is 2.49. The van der Waals surface area contributed by atoms with Crippen molar-refractivity contribution in [1.82, 2.24) is 30.0 Å². The first-order valence-electron chi connectivity index (χ1n) is 5.24. The molecule has 8 heteroatoms. The highest BCUT2D eigenvalue weighted by Crippen LogP contribution is 2.12. The van der Waals surface area contributed by atoms with Gasteiger partial charge in [-0.3, -0.25) is 14.5 Å². The highest BCUT2D eigenvalue weighted by atomic mass is 16.2. The number of aryl methyl sites for hydroxylation is 1. The number of aromatic nitrogens is 6. The lowest BCUT2D eigenvalue weighted by Gasteiger charge is -2.01. The number of nitrogens with one attached hydrogen (secondary N) is 2. The Morgan fingerprint density at radius 2 is 2.33 bits per heavy atom. The number of hydrogen-bond acceptors (Lipinski definition) is 5. The summed E-state index contributed by atoms with van der Waals surface area (Å²) in [6, 6.07) is 5.53. The van der Waals surface area contributed by atoms with E-state index in [1.165, 1.54) is 0 Å². The van der Waals surface area contributed by atoms with E-state index in [0.717, 1.165) is 0 Å². The first-order chi connectivity index (χ1) is 8.75. The van der Waals surface area contributed by atoms with Gasteiger partial charge in [-0.05, 0) is 24.3 Å². The van der Waals surface area contributed by atoms with Gasteiger partial charge in [0.05, 0.1) is 5.69 Å². The van der Waals surface area contributed by atoms with Crippen molar-refractivity contribution in [3.63, 3.8) is 0 Å². The highest BCUT2D eigenvalue weighted by Gasteiger charge is 2.17. The van der Waals surface area contributed by atoms with E-state index in [1.807, 2.05) is 18.2 Å². The van der Waals surface area contributed by atoms with Gasteiger partial charge in [-0.15, -0.1) is 5.10 Å². The zero-order valence-corrected chi connectivity index (χ0v) is 9.45. The number of rotatable bonds is 2. The monoisotopic (exact) mass is 243 g/mol. The number of pyridine rings is 1. The molecule has 0 aliphatic heterocycles. The van der Waals surface area contributed by atoms with Crippen LogP contribution in [0, 0.1) is 6.92 Å². The van der Waals surface area contributed by atoms with Crippen LogP contribution in [0.5, 0.6) is 0 Å². The summed E-state index contributed by atoms with van der Waals surface area (Å²) in [5, 5.41) is 15.5. The molecule has 8 nitrogen and oxygen atoms in total. The lowest BCUT2D eigenvalue weighted by molar-refractivity contribution is 0.102.